The van der Waals surface area contributed by atoms with Gasteiger partial charge in [0.1, 0.15) is 0 Å². The molecule has 0 saturated carbocycles. The summed E-state index contributed by atoms with van der Waals surface area (Å²) in [5, 5.41) is 16.6. The normalized spacial score (nSPS) is 11.4. The predicted octanol–water partition coefficient (Wildman–Crippen LogP) is 8.06. The summed E-state index contributed by atoms with van der Waals surface area (Å²) in [5.74, 6) is -0.274. The van der Waals surface area contributed by atoms with Gasteiger partial charge in [0.05, 0.1) is 4.92 Å². The number of nitro groups is 1. The van der Waals surface area contributed by atoms with Gasteiger partial charge in [-0.15, -0.1) is 0 Å². The van der Waals surface area contributed by atoms with Gasteiger partial charge in [-0.05, 0) is 69.4 Å². The Labute approximate surface area is 266 Å². The van der Waals surface area contributed by atoms with Crippen molar-refractivity contribution in [3.8, 4) is 11.1 Å². The van der Waals surface area contributed by atoms with Gasteiger partial charge in [-0.1, -0.05) is 103 Å². The maximum atomic E-state index is 14.0. The number of para-hydroxylation sites is 1. The number of benzene rings is 6. The van der Waals surface area contributed by atoms with Gasteiger partial charge in [0.15, 0.2) is 4.90 Å². The van der Waals surface area contributed by atoms with Crippen LogP contribution in [0.3, 0.4) is 0 Å². The van der Waals surface area contributed by atoms with Crippen molar-refractivity contribution in [2.45, 2.75) is 18.0 Å². The lowest BCUT2D eigenvalue weighted by molar-refractivity contribution is -0.387. The highest BCUT2D eigenvalue weighted by atomic mass is 32.2. The van der Waals surface area contributed by atoms with Crippen LogP contribution in [-0.2, 0) is 23.1 Å². The molecule has 1 amide bonds. The van der Waals surface area contributed by atoms with E-state index in [0.29, 0.717) is 16.8 Å². The van der Waals surface area contributed by atoms with E-state index in [0.717, 1.165) is 27.5 Å². The minimum absolute atomic E-state index is 0.00329. The van der Waals surface area contributed by atoms with Gasteiger partial charge >= 0.3 is 0 Å². The number of nitrogens with one attached hydrogen (secondary N) is 1. The second kappa shape index (κ2) is 13.2. The van der Waals surface area contributed by atoms with Crippen LogP contribution in [0.2, 0.25) is 0 Å². The Bertz CT molecular complexity index is 2130. The van der Waals surface area contributed by atoms with E-state index in [1.54, 1.807) is 36.4 Å². The second-order valence-corrected chi connectivity index (χ2v) is 12.7. The van der Waals surface area contributed by atoms with Crippen molar-refractivity contribution in [2.24, 2.45) is 0 Å². The lowest BCUT2D eigenvalue weighted by Gasteiger charge is -2.23. The summed E-state index contributed by atoms with van der Waals surface area (Å²) in [6, 6.07) is 42.9. The number of fused-ring (bicyclic) bond motifs is 1. The van der Waals surface area contributed by atoms with E-state index in [-0.39, 0.29) is 23.9 Å². The van der Waals surface area contributed by atoms with Crippen LogP contribution in [0, 0.1) is 10.1 Å². The number of amides is 1. The Morgan fingerprint density at radius 2 is 1.24 bits per heavy atom. The number of nitro benzene ring substituents is 1. The van der Waals surface area contributed by atoms with Gasteiger partial charge < -0.3 is 5.32 Å². The summed E-state index contributed by atoms with van der Waals surface area (Å²) in [4.78, 5) is 23.6. The Kier molecular flexibility index (Phi) is 8.69. The number of sulfonamides is 1. The molecule has 6 aromatic carbocycles. The van der Waals surface area contributed by atoms with E-state index in [1.165, 1.54) is 28.6 Å². The minimum Gasteiger partial charge on any atom is -0.322 e. The fourth-order valence-electron chi connectivity index (χ4n) is 5.28. The number of carbonyl (C=O) groups is 1. The molecule has 46 heavy (non-hydrogen) atoms. The fraction of sp³-hybridized carbons (Fsp3) is 0.0541. The lowest BCUT2D eigenvalue weighted by Crippen LogP contribution is -2.30. The van der Waals surface area contributed by atoms with E-state index < -0.39 is 20.6 Å². The van der Waals surface area contributed by atoms with Crippen molar-refractivity contribution in [1.82, 2.24) is 4.31 Å². The van der Waals surface area contributed by atoms with E-state index in [2.05, 4.69) is 5.32 Å². The van der Waals surface area contributed by atoms with Gasteiger partial charge in [0.2, 0.25) is 0 Å². The summed E-state index contributed by atoms with van der Waals surface area (Å²) in [6.45, 7) is -0.0485. The molecule has 0 aliphatic carbocycles. The Morgan fingerprint density at radius 3 is 1.96 bits per heavy atom. The van der Waals surface area contributed by atoms with Gasteiger partial charge in [-0.2, -0.15) is 4.31 Å². The van der Waals surface area contributed by atoms with Crippen molar-refractivity contribution < 1.29 is 18.1 Å². The minimum atomic E-state index is -4.29. The van der Waals surface area contributed by atoms with Crippen molar-refractivity contribution >= 4 is 38.1 Å². The summed E-state index contributed by atoms with van der Waals surface area (Å²) < 4.78 is 29.2. The number of hydrogen-bond acceptors (Lipinski definition) is 5. The Balaban J connectivity index is 1.23. The van der Waals surface area contributed by atoms with Gasteiger partial charge in [-0.3, -0.25) is 14.9 Å². The molecule has 0 saturated heterocycles. The highest BCUT2D eigenvalue weighted by Crippen LogP contribution is 2.29. The van der Waals surface area contributed by atoms with Crippen LogP contribution in [0.1, 0.15) is 21.5 Å². The number of anilines is 1. The molecule has 0 aromatic heterocycles. The molecule has 0 bridgehead atoms. The molecule has 0 fully saturated rings. The first-order valence-electron chi connectivity index (χ1n) is 14.5. The third kappa shape index (κ3) is 6.71. The van der Waals surface area contributed by atoms with Crippen LogP contribution in [-0.4, -0.2) is 23.6 Å². The molecule has 6 rings (SSSR count). The van der Waals surface area contributed by atoms with Crippen molar-refractivity contribution in [3.05, 3.63) is 172 Å². The monoisotopic (exact) mass is 627 g/mol. The molecule has 1 N–H and O–H groups in total. The average Bonchev–Trinajstić information content (AvgIpc) is 3.09. The zero-order valence-corrected chi connectivity index (χ0v) is 25.4. The highest BCUT2D eigenvalue weighted by molar-refractivity contribution is 7.89. The fourth-order valence-corrected chi connectivity index (χ4v) is 6.85. The van der Waals surface area contributed by atoms with Crippen molar-refractivity contribution in [2.75, 3.05) is 5.32 Å². The zero-order valence-electron chi connectivity index (χ0n) is 24.6. The molecule has 0 spiro atoms. The van der Waals surface area contributed by atoms with Gasteiger partial charge in [0, 0.05) is 30.4 Å². The molecule has 0 aliphatic heterocycles. The van der Waals surface area contributed by atoms with E-state index in [1.807, 2.05) is 84.9 Å². The maximum Gasteiger partial charge on any atom is 0.289 e. The molecule has 0 heterocycles. The molecule has 0 atom stereocenters. The molecular formula is C37H29N3O5S. The SMILES string of the molecule is O=C(Nc1ccc(CN(Cc2ccc3ccccc3c2)S(=O)(=O)c2ccccc2[N+](=O)[O-])cc1)c1ccc(-c2ccccc2)cc1. The summed E-state index contributed by atoms with van der Waals surface area (Å²) in [7, 11) is -4.29. The van der Waals surface area contributed by atoms with Crippen LogP contribution in [0.15, 0.2) is 150 Å². The predicted molar refractivity (Wildman–Crippen MR) is 180 cm³/mol. The zero-order chi connectivity index (χ0) is 32.1. The van der Waals surface area contributed by atoms with Crippen LogP contribution < -0.4 is 5.32 Å². The highest BCUT2D eigenvalue weighted by Gasteiger charge is 2.31. The third-order valence-electron chi connectivity index (χ3n) is 7.68. The second-order valence-electron chi connectivity index (χ2n) is 10.8. The molecule has 9 heteroatoms. The van der Waals surface area contributed by atoms with Crippen LogP contribution in [0.25, 0.3) is 21.9 Å². The van der Waals surface area contributed by atoms with E-state index in [9.17, 15) is 23.3 Å². The van der Waals surface area contributed by atoms with Crippen LogP contribution in [0.5, 0.6) is 0 Å². The van der Waals surface area contributed by atoms with E-state index >= 15 is 0 Å². The van der Waals surface area contributed by atoms with Gasteiger partial charge in [0.25, 0.3) is 21.6 Å². The van der Waals surface area contributed by atoms with Crippen LogP contribution >= 0.6 is 0 Å². The maximum absolute atomic E-state index is 14.0. The first kappa shape index (κ1) is 30.4. The first-order chi connectivity index (χ1) is 22.3. The van der Waals surface area contributed by atoms with Crippen LogP contribution in [0.4, 0.5) is 11.4 Å². The van der Waals surface area contributed by atoms with E-state index in [4.69, 9.17) is 0 Å². The van der Waals surface area contributed by atoms with Crippen molar-refractivity contribution in [3.63, 3.8) is 0 Å². The van der Waals surface area contributed by atoms with Gasteiger partial charge in [-0.25, -0.2) is 8.42 Å². The third-order valence-corrected chi connectivity index (χ3v) is 9.52. The van der Waals surface area contributed by atoms with Crippen molar-refractivity contribution in [1.29, 1.82) is 0 Å². The smallest absolute Gasteiger partial charge is 0.289 e. The molecule has 0 unspecified atom stereocenters. The number of rotatable bonds is 10. The largest absolute Gasteiger partial charge is 0.322 e. The number of nitrogens with zero attached hydrogens (tertiary/aromatic N) is 2. The molecule has 0 radical (unpaired) electrons. The Morgan fingerprint density at radius 1 is 0.652 bits per heavy atom. The average molecular weight is 628 g/mol. The molecule has 228 valence electrons. The molecule has 6 aromatic rings. The topological polar surface area (TPSA) is 110 Å². The standard InChI is InChI=1S/C37H29N3O5S/c41-37(32-20-18-31(19-21-32)29-8-2-1-3-9-29)38-34-22-15-27(16-23-34)25-39(26-28-14-17-30-10-4-5-11-33(30)24-28)46(44,45)36-13-7-6-12-35(36)40(42)43/h1-24H,25-26H2,(H,38,41). The first-order valence-corrected chi connectivity index (χ1v) is 16.0. The number of carbonyl (C=O) groups excluding carboxylic acids is 1. The summed E-state index contributed by atoms with van der Waals surface area (Å²) in [6.07, 6.45) is 0. The summed E-state index contributed by atoms with van der Waals surface area (Å²) >= 11 is 0. The molecule has 0 aliphatic rings. The lowest BCUT2D eigenvalue weighted by atomic mass is 10.0. The molecule has 8 nitrogen and oxygen atoms in total. The summed E-state index contributed by atoms with van der Waals surface area (Å²) in [5.41, 5.74) is 4.01. The number of hydrogen-bond donors (Lipinski definition) is 1. The quantitative estimate of drug-likeness (QED) is 0.122. The molecular weight excluding hydrogens is 598 g/mol. The Hall–Kier alpha value is -5.64.